The first-order chi connectivity index (χ1) is 12.1. The summed E-state index contributed by atoms with van der Waals surface area (Å²) in [5.74, 6) is 0.623. The van der Waals surface area contributed by atoms with Crippen molar-refractivity contribution in [2.24, 2.45) is 0 Å². The van der Waals surface area contributed by atoms with Gasteiger partial charge in [-0.15, -0.1) is 0 Å². The molecule has 25 heavy (non-hydrogen) atoms. The zero-order chi connectivity index (χ0) is 17.8. The number of rotatable bonds is 7. The molecule has 0 saturated heterocycles. The number of tetrazole rings is 1. The van der Waals surface area contributed by atoms with Crippen LogP contribution >= 0.6 is 0 Å². The first kappa shape index (κ1) is 17.2. The molecule has 1 aromatic carbocycles. The molecule has 1 amide bonds. The van der Waals surface area contributed by atoms with E-state index in [4.69, 9.17) is 4.74 Å². The average Bonchev–Trinajstić information content (AvgIpc) is 2.92. The van der Waals surface area contributed by atoms with Gasteiger partial charge in [-0.3, -0.25) is 4.79 Å². The monoisotopic (exact) mass is 345 g/mol. The molecule has 0 unspecified atom stereocenters. The highest BCUT2D eigenvalue weighted by Gasteiger charge is 2.25. The predicted octanol–water partition coefficient (Wildman–Crippen LogP) is 1.22. The Labute approximate surface area is 146 Å². The Morgan fingerprint density at radius 1 is 1.28 bits per heavy atom. The highest BCUT2D eigenvalue weighted by molar-refractivity contribution is 5.75. The highest BCUT2D eigenvalue weighted by atomic mass is 16.5. The molecule has 8 heteroatoms. The largest absolute Gasteiger partial charge is 0.497 e. The molecule has 0 aliphatic heterocycles. The summed E-state index contributed by atoms with van der Waals surface area (Å²) < 4.78 is 7.69. The second-order valence-corrected chi connectivity index (χ2v) is 6.20. The first-order valence-corrected chi connectivity index (χ1v) is 8.55. The Morgan fingerprint density at radius 2 is 2.00 bits per heavy atom. The maximum atomic E-state index is 12.6. The predicted molar refractivity (Wildman–Crippen MR) is 91.3 cm³/mol. The Kier molecular flexibility index (Phi) is 5.16. The smallest absolute Gasteiger partial charge is 0.364 e. The van der Waals surface area contributed by atoms with Gasteiger partial charge >= 0.3 is 5.69 Å². The number of methoxy groups -OCH3 is 1. The van der Waals surface area contributed by atoms with E-state index in [0.717, 1.165) is 35.3 Å². The van der Waals surface area contributed by atoms with Crippen molar-refractivity contribution in [2.75, 3.05) is 13.7 Å². The molecule has 3 rings (SSSR count). The Bertz CT molecular complexity index is 776. The molecular formula is C17H23N5O3. The van der Waals surface area contributed by atoms with Gasteiger partial charge in [0.25, 0.3) is 0 Å². The fourth-order valence-electron chi connectivity index (χ4n) is 2.80. The van der Waals surface area contributed by atoms with Crippen LogP contribution in [-0.2, 0) is 17.9 Å². The normalized spacial score (nSPS) is 14.2. The summed E-state index contributed by atoms with van der Waals surface area (Å²) in [5, 5.41) is 7.77. The number of ether oxygens (including phenoxy) is 1. The summed E-state index contributed by atoms with van der Waals surface area (Å²) in [7, 11) is 1.62. The lowest BCUT2D eigenvalue weighted by molar-refractivity contribution is -0.132. The molecule has 0 atom stereocenters. The van der Waals surface area contributed by atoms with Gasteiger partial charge in [-0.1, -0.05) is 12.1 Å². The van der Waals surface area contributed by atoms with E-state index in [1.54, 1.807) is 12.0 Å². The van der Waals surface area contributed by atoms with E-state index in [9.17, 15) is 9.59 Å². The van der Waals surface area contributed by atoms with Crippen LogP contribution in [0, 0.1) is 0 Å². The van der Waals surface area contributed by atoms with Gasteiger partial charge in [0.1, 0.15) is 12.3 Å². The van der Waals surface area contributed by atoms with Crippen molar-refractivity contribution in [2.45, 2.75) is 45.3 Å². The van der Waals surface area contributed by atoms with Gasteiger partial charge in [-0.2, -0.15) is 9.36 Å². The molecule has 2 aromatic rings. The van der Waals surface area contributed by atoms with Crippen molar-refractivity contribution in [1.82, 2.24) is 24.7 Å². The summed E-state index contributed by atoms with van der Waals surface area (Å²) in [4.78, 5) is 26.5. The second kappa shape index (κ2) is 7.50. The molecule has 1 heterocycles. The lowest BCUT2D eigenvalue weighted by Crippen LogP contribution is -2.38. The topological polar surface area (TPSA) is 82.2 Å². The van der Waals surface area contributed by atoms with Crippen molar-refractivity contribution < 1.29 is 9.53 Å². The van der Waals surface area contributed by atoms with Crippen LogP contribution in [0.5, 0.6) is 5.75 Å². The van der Waals surface area contributed by atoms with Crippen LogP contribution in [0.2, 0.25) is 0 Å². The lowest BCUT2D eigenvalue weighted by atomic mass is 9.93. The molecular weight excluding hydrogens is 322 g/mol. The number of likely N-dealkylation sites (N-methyl/N-ethyl adjacent to an activating group) is 1. The maximum absolute atomic E-state index is 12.6. The van der Waals surface area contributed by atoms with Crippen LogP contribution in [0.15, 0.2) is 29.1 Å². The molecule has 0 radical (unpaired) electrons. The van der Waals surface area contributed by atoms with E-state index in [2.05, 4.69) is 10.4 Å². The molecule has 0 N–H and O–H groups in total. The summed E-state index contributed by atoms with van der Waals surface area (Å²) in [6.07, 6.45) is 3.00. The van der Waals surface area contributed by atoms with E-state index >= 15 is 0 Å². The molecule has 0 spiro atoms. The number of amides is 1. The number of carbonyl (C=O) groups is 1. The van der Waals surface area contributed by atoms with Gasteiger partial charge < -0.3 is 9.64 Å². The minimum absolute atomic E-state index is 0.0877. The molecule has 8 nitrogen and oxygen atoms in total. The summed E-state index contributed by atoms with van der Waals surface area (Å²) >= 11 is 0. The van der Waals surface area contributed by atoms with Crippen LogP contribution < -0.4 is 10.4 Å². The van der Waals surface area contributed by atoms with Crippen LogP contribution in [0.1, 0.15) is 37.8 Å². The maximum Gasteiger partial charge on any atom is 0.364 e. The average molecular weight is 345 g/mol. The van der Waals surface area contributed by atoms with Crippen molar-refractivity contribution in [3.05, 3.63) is 40.3 Å². The zero-order valence-corrected chi connectivity index (χ0v) is 14.6. The number of nitrogens with zero attached hydrogens (tertiary/aromatic N) is 5. The van der Waals surface area contributed by atoms with Gasteiger partial charge in [0.05, 0.1) is 13.2 Å². The number of carbonyl (C=O) groups excluding carboxylic acids is 1. The SMILES string of the molecule is CCN(Cc1ccc(OC)cc1)C(=O)Cn1nnn(C2CCC2)c1=O. The Balaban J connectivity index is 1.65. The minimum Gasteiger partial charge on any atom is -0.497 e. The number of benzene rings is 1. The molecule has 1 aliphatic rings. The fraction of sp³-hybridized carbons (Fsp3) is 0.529. The van der Waals surface area contributed by atoms with Crippen LogP contribution in [0.3, 0.4) is 0 Å². The first-order valence-electron chi connectivity index (χ1n) is 8.55. The van der Waals surface area contributed by atoms with Crippen LogP contribution in [0.4, 0.5) is 0 Å². The van der Waals surface area contributed by atoms with Crippen molar-refractivity contribution >= 4 is 5.91 Å². The van der Waals surface area contributed by atoms with Crippen molar-refractivity contribution in [3.63, 3.8) is 0 Å². The fourth-order valence-corrected chi connectivity index (χ4v) is 2.80. The summed E-state index contributed by atoms with van der Waals surface area (Å²) in [5.41, 5.74) is 0.694. The highest BCUT2D eigenvalue weighted by Crippen LogP contribution is 2.28. The van der Waals surface area contributed by atoms with Gasteiger partial charge in [0.15, 0.2) is 0 Å². The summed E-state index contributed by atoms with van der Waals surface area (Å²) in [6, 6.07) is 7.71. The molecule has 1 aliphatic carbocycles. The van der Waals surface area contributed by atoms with Gasteiger partial charge in [-0.25, -0.2) is 4.79 Å². The van der Waals surface area contributed by atoms with Crippen molar-refractivity contribution in [1.29, 1.82) is 0 Å². The standard InChI is InChI=1S/C17H23N5O3/c1-3-20(11-13-7-9-15(25-2)10-8-13)16(23)12-21-17(24)22(19-18-21)14-5-4-6-14/h7-10,14H,3-6,11-12H2,1-2H3. The second-order valence-electron chi connectivity index (χ2n) is 6.20. The Hall–Kier alpha value is -2.64. The molecule has 1 saturated carbocycles. The lowest BCUT2D eigenvalue weighted by Gasteiger charge is -2.23. The van der Waals surface area contributed by atoms with Crippen LogP contribution in [-0.4, -0.2) is 44.3 Å². The summed E-state index contributed by atoms with van der Waals surface area (Å²) in [6.45, 7) is 2.85. The minimum atomic E-state index is -0.307. The van der Waals surface area contributed by atoms with Gasteiger partial charge in [-0.05, 0) is 54.3 Å². The van der Waals surface area contributed by atoms with Crippen molar-refractivity contribution in [3.8, 4) is 5.75 Å². The zero-order valence-electron chi connectivity index (χ0n) is 14.6. The van der Waals surface area contributed by atoms with Crippen LogP contribution in [0.25, 0.3) is 0 Å². The van der Waals surface area contributed by atoms with E-state index in [1.807, 2.05) is 31.2 Å². The Morgan fingerprint density at radius 3 is 2.56 bits per heavy atom. The van der Waals surface area contributed by atoms with E-state index in [-0.39, 0.29) is 24.2 Å². The molecule has 1 aromatic heterocycles. The third-order valence-corrected chi connectivity index (χ3v) is 4.63. The van der Waals surface area contributed by atoms with Gasteiger partial charge in [0.2, 0.25) is 5.91 Å². The number of hydrogen-bond donors (Lipinski definition) is 0. The number of hydrogen-bond acceptors (Lipinski definition) is 5. The van der Waals surface area contributed by atoms with E-state index in [0.29, 0.717) is 13.1 Å². The third-order valence-electron chi connectivity index (χ3n) is 4.63. The van der Waals surface area contributed by atoms with E-state index < -0.39 is 0 Å². The molecule has 0 bridgehead atoms. The van der Waals surface area contributed by atoms with Gasteiger partial charge in [0, 0.05) is 13.1 Å². The van der Waals surface area contributed by atoms with E-state index in [1.165, 1.54) is 4.68 Å². The molecule has 1 fully saturated rings. The quantitative estimate of drug-likeness (QED) is 0.754. The number of aromatic nitrogens is 4. The molecule has 134 valence electrons. The third kappa shape index (κ3) is 3.72.